The van der Waals surface area contributed by atoms with E-state index in [9.17, 15) is 17.6 Å². The van der Waals surface area contributed by atoms with Crippen LogP contribution in [0.4, 0.5) is 10.2 Å². The van der Waals surface area contributed by atoms with Gasteiger partial charge >= 0.3 is 5.97 Å². The number of aromatic amines is 1. The molecule has 11 heteroatoms. The molecule has 3 N–H and O–H groups in total. The second-order valence-corrected chi connectivity index (χ2v) is 6.08. The van der Waals surface area contributed by atoms with Gasteiger partial charge in [-0.3, -0.25) is 9.52 Å². The monoisotopic (exact) mass is 344 g/mol. The maximum Gasteiger partial charge on any atom is 0.303 e. The SMILES string of the molecule is O=C(O)CCCOc1ccc(S(=O)(=O)Nc2cn[nH]n2)cc1F. The van der Waals surface area contributed by atoms with Gasteiger partial charge in [-0.2, -0.15) is 10.3 Å². The van der Waals surface area contributed by atoms with Crippen LogP contribution in [-0.2, 0) is 14.8 Å². The lowest BCUT2D eigenvalue weighted by molar-refractivity contribution is -0.137. The third-order valence-electron chi connectivity index (χ3n) is 2.66. The van der Waals surface area contributed by atoms with Crippen LogP contribution in [0.2, 0.25) is 0 Å². The molecule has 0 saturated carbocycles. The highest BCUT2D eigenvalue weighted by atomic mass is 32.2. The topological polar surface area (TPSA) is 134 Å². The highest BCUT2D eigenvalue weighted by molar-refractivity contribution is 7.92. The first kappa shape index (κ1) is 16.7. The van der Waals surface area contributed by atoms with Crippen LogP contribution >= 0.6 is 0 Å². The van der Waals surface area contributed by atoms with Crippen LogP contribution in [0.25, 0.3) is 0 Å². The summed E-state index contributed by atoms with van der Waals surface area (Å²) in [4.78, 5) is 10.0. The van der Waals surface area contributed by atoms with Gasteiger partial charge in [-0.05, 0) is 24.6 Å². The summed E-state index contributed by atoms with van der Waals surface area (Å²) in [5, 5.41) is 17.7. The Morgan fingerprint density at radius 1 is 1.43 bits per heavy atom. The lowest BCUT2D eigenvalue weighted by Crippen LogP contribution is -2.13. The number of carboxylic acids is 1. The molecule has 124 valence electrons. The second-order valence-electron chi connectivity index (χ2n) is 4.40. The fourth-order valence-corrected chi connectivity index (χ4v) is 2.62. The summed E-state index contributed by atoms with van der Waals surface area (Å²) in [6.07, 6.45) is 1.27. The summed E-state index contributed by atoms with van der Waals surface area (Å²) in [7, 11) is -4.00. The van der Waals surface area contributed by atoms with Crippen molar-refractivity contribution in [1.29, 1.82) is 0 Å². The number of anilines is 1. The summed E-state index contributed by atoms with van der Waals surface area (Å²) in [6.45, 7) is 0.00645. The molecule has 1 heterocycles. The first-order chi connectivity index (χ1) is 10.9. The van der Waals surface area contributed by atoms with E-state index >= 15 is 0 Å². The molecule has 0 aliphatic heterocycles. The predicted molar refractivity (Wildman–Crippen MR) is 76.0 cm³/mol. The van der Waals surface area contributed by atoms with Gasteiger partial charge in [-0.15, -0.1) is 5.10 Å². The zero-order valence-corrected chi connectivity index (χ0v) is 12.5. The Balaban J connectivity index is 2.04. The van der Waals surface area contributed by atoms with Gasteiger partial charge in [0.15, 0.2) is 17.4 Å². The molecule has 1 aromatic carbocycles. The fourth-order valence-electron chi connectivity index (χ4n) is 1.62. The number of carbonyl (C=O) groups is 1. The number of hydrogen-bond acceptors (Lipinski definition) is 6. The van der Waals surface area contributed by atoms with Gasteiger partial charge in [0.2, 0.25) is 0 Å². The Labute approximate surface area is 130 Å². The molecular weight excluding hydrogens is 331 g/mol. The van der Waals surface area contributed by atoms with Gasteiger partial charge < -0.3 is 9.84 Å². The van der Waals surface area contributed by atoms with Gasteiger partial charge in [0.1, 0.15) is 0 Å². The Bertz CT molecular complexity index is 779. The Kier molecular flexibility index (Phi) is 5.11. The van der Waals surface area contributed by atoms with E-state index < -0.39 is 21.8 Å². The van der Waals surface area contributed by atoms with Crippen molar-refractivity contribution in [3.05, 3.63) is 30.2 Å². The molecule has 0 radical (unpaired) electrons. The minimum atomic E-state index is -4.00. The van der Waals surface area contributed by atoms with Gasteiger partial charge in [-0.1, -0.05) is 0 Å². The fraction of sp³-hybridized carbons (Fsp3) is 0.250. The molecule has 23 heavy (non-hydrogen) atoms. The molecule has 2 rings (SSSR count). The number of ether oxygens (including phenoxy) is 1. The Morgan fingerprint density at radius 2 is 2.22 bits per heavy atom. The third kappa shape index (κ3) is 4.64. The smallest absolute Gasteiger partial charge is 0.303 e. The normalized spacial score (nSPS) is 11.2. The maximum absolute atomic E-state index is 13.9. The molecule has 0 saturated heterocycles. The maximum atomic E-state index is 13.9. The molecule has 0 bridgehead atoms. The van der Waals surface area contributed by atoms with Gasteiger partial charge in [0.25, 0.3) is 10.0 Å². The minimum Gasteiger partial charge on any atom is -0.491 e. The highest BCUT2D eigenvalue weighted by Gasteiger charge is 2.18. The number of aliphatic carboxylic acids is 1. The Hall–Kier alpha value is -2.69. The van der Waals surface area contributed by atoms with Gasteiger partial charge in [-0.25, -0.2) is 12.8 Å². The molecule has 1 aromatic heterocycles. The van der Waals surface area contributed by atoms with Crippen molar-refractivity contribution in [2.45, 2.75) is 17.7 Å². The zero-order valence-electron chi connectivity index (χ0n) is 11.7. The first-order valence-electron chi connectivity index (χ1n) is 6.41. The van der Waals surface area contributed by atoms with E-state index in [4.69, 9.17) is 9.84 Å². The molecule has 0 aliphatic rings. The zero-order chi connectivity index (χ0) is 16.9. The van der Waals surface area contributed by atoms with Crippen LogP contribution in [0.15, 0.2) is 29.3 Å². The van der Waals surface area contributed by atoms with E-state index in [0.717, 1.165) is 24.4 Å². The van der Waals surface area contributed by atoms with Crippen LogP contribution in [0.5, 0.6) is 5.75 Å². The number of sulfonamides is 1. The lowest BCUT2D eigenvalue weighted by Gasteiger charge is -2.09. The molecule has 0 aliphatic carbocycles. The van der Waals surface area contributed by atoms with Crippen molar-refractivity contribution in [2.24, 2.45) is 0 Å². The van der Waals surface area contributed by atoms with E-state index in [1.165, 1.54) is 0 Å². The number of H-pyrrole nitrogens is 1. The number of nitrogens with zero attached hydrogens (tertiary/aromatic N) is 2. The summed E-state index contributed by atoms with van der Waals surface area (Å²) < 4.78 is 45.1. The molecule has 9 nitrogen and oxygen atoms in total. The number of carboxylic acid groups (broad SMARTS) is 1. The minimum absolute atomic E-state index is 0.00645. The number of benzene rings is 1. The third-order valence-corrected chi connectivity index (χ3v) is 4.01. The number of halogens is 1. The molecule has 0 fully saturated rings. The summed E-state index contributed by atoms with van der Waals surface area (Å²) in [6, 6.07) is 3.13. The van der Waals surface area contributed by atoms with E-state index in [-0.39, 0.29) is 35.9 Å². The molecular formula is C12H13FN4O5S. The molecule has 0 amide bonds. The van der Waals surface area contributed by atoms with Crippen LogP contribution in [0.3, 0.4) is 0 Å². The average molecular weight is 344 g/mol. The average Bonchev–Trinajstić information content (AvgIpc) is 2.96. The number of nitrogens with one attached hydrogen (secondary N) is 2. The van der Waals surface area contributed by atoms with E-state index in [1.807, 2.05) is 0 Å². The van der Waals surface area contributed by atoms with E-state index in [2.05, 4.69) is 20.1 Å². The van der Waals surface area contributed by atoms with Crippen LogP contribution in [0, 0.1) is 5.82 Å². The molecule has 2 aromatic rings. The molecule has 0 unspecified atom stereocenters. The summed E-state index contributed by atoms with van der Waals surface area (Å²) in [5.74, 6) is -2.03. The van der Waals surface area contributed by atoms with Crippen molar-refractivity contribution in [2.75, 3.05) is 11.3 Å². The van der Waals surface area contributed by atoms with E-state index in [0.29, 0.717) is 0 Å². The standard InChI is InChI=1S/C12H13FN4O5S/c13-9-6-8(23(20,21)16-11-7-14-17-15-11)3-4-10(9)22-5-1-2-12(18)19/h3-4,6-7H,1-2,5H2,(H,18,19)(H2,14,15,16,17). The number of hydrogen-bond donors (Lipinski definition) is 3. The Morgan fingerprint density at radius 3 is 2.83 bits per heavy atom. The lowest BCUT2D eigenvalue weighted by atomic mass is 10.3. The quantitative estimate of drug-likeness (QED) is 0.608. The van der Waals surface area contributed by atoms with Crippen LogP contribution in [-0.4, -0.2) is 41.5 Å². The van der Waals surface area contributed by atoms with Crippen LogP contribution < -0.4 is 9.46 Å². The first-order valence-corrected chi connectivity index (χ1v) is 7.89. The van der Waals surface area contributed by atoms with E-state index in [1.54, 1.807) is 0 Å². The number of rotatable bonds is 8. The van der Waals surface area contributed by atoms with Crippen molar-refractivity contribution in [1.82, 2.24) is 15.4 Å². The van der Waals surface area contributed by atoms with Crippen molar-refractivity contribution >= 4 is 21.8 Å². The number of aromatic nitrogens is 3. The molecule has 0 atom stereocenters. The highest BCUT2D eigenvalue weighted by Crippen LogP contribution is 2.22. The van der Waals surface area contributed by atoms with Crippen molar-refractivity contribution in [3.63, 3.8) is 0 Å². The summed E-state index contributed by atoms with van der Waals surface area (Å²) >= 11 is 0. The summed E-state index contributed by atoms with van der Waals surface area (Å²) in [5.41, 5.74) is 0. The van der Waals surface area contributed by atoms with Crippen molar-refractivity contribution in [3.8, 4) is 5.75 Å². The second kappa shape index (κ2) is 7.05. The van der Waals surface area contributed by atoms with Gasteiger partial charge in [0, 0.05) is 6.42 Å². The van der Waals surface area contributed by atoms with Crippen molar-refractivity contribution < 1.29 is 27.4 Å². The predicted octanol–water partition coefficient (Wildman–Crippen LogP) is 0.988. The molecule has 0 spiro atoms. The van der Waals surface area contributed by atoms with Gasteiger partial charge in [0.05, 0.1) is 17.7 Å². The van der Waals surface area contributed by atoms with Crippen LogP contribution in [0.1, 0.15) is 12.8 Å². The largest absolute Gasteiger partial charge is 0.491 e.